The van der Waals surface area contributed by atoms with Crippen LogP contribution in [0.25, 0.3) is 0 Å². The maximum atomic E-state index is 13.1. The van der Waals surface area contributed by atoms with Gasteiger partial charge in [-0.3, -0.25) is 14.2 Å². The van der Waals surface area contributed by atoms with Crippen molar-refractivity contribution in [2.75, 3.05) is 20.0 Å². The Labute approximate surface area is 202 Å². The van der Waals surface area contributed by atoms with Crippen molar-refractivity contribution >= 4 is 25.1 Å². The smallest absolute Gasteiger partial charge is 0.335 e. The Morgan fingerprint density at radius 2 is 1.79 bits per heavy atom. The number of carbonyl (C=O) groups is 1. The molecule has 0 radical (unpaired) electrons. The third-order valence-corrected chi connectivity index (χ3v) is 9.61. The van der Waals surface area contributed by atoms with Gasteiger partial charge in [0.25, 0.3) is 0 Å². The number of rotatable bonds is 5. The first-order chi connectivity index (χ1) is 16.5. The molecule has 2 aromatic carbocycles. The summed E-state index contributed by atoms with van der Waals surface area (Å²) in [4.78, 5) is 18.5. The topological polar surface area (TPSA) is 106 Å². The van der Waals surface area contributed by atoms with Crippen molar-refractivity contribution in [2.45, 2.75) is 49.0 Å². The zero-order chi connectivity index (χ0) is 23.7. The van der Waals surface area contributed by atoms with Gasteiger partial charge in [-0.05, 0) is 55.0 Å². The zero-order valence-electron chi connectivity index (χ0n) is 18.9. The fourth-order valence-corrected chi connectivity index (χ4v) is 7.67. The first-order valence-electron chi connectivity index (χ1n) is 11.4. The van der Waals surface area contributed by atoms with Gasteiger partial charge in [0.1, 0.15) is 6.10 Å². The van der Waals surface area contributed by atoms with Gasteiger partial charge in [-0.15, -0.1) is 11.8 Å². The number of nitrogens with two attached hydrogens (primary N) is 1. The minimum atomic E-state index is -3.13. The van der Waals surface area contributed by atoms with Gasteiger partial charge in [0, 0.05) is 10.8 Å². The highest BCUT2D eigenvalue weighted by Crippen LogP contribution is 2.53. The van der Waals surface area contributed by atoms with E-state index in [4.69, 9.17) is 29.3 Å². The van der Waals surface area contributed by atoms with Crippen molar-refractivity contribution in [3.63, 3.8) is 0 Å². The quantitative estimate of drug-likeness (QED) is 0.453. The predicted molar refractivity (Wildman–Crippen MR) is 128 cm³/mol. The van der Waals surface area contributed by atoms with Crippen LogP contribution in [0.1, 0.15) is 52.9 Å². The molecule has 0 saturated carbocycles. The van der Waals surface area contributed by atoms with Crippen LogP contribution in [0.15, 0.2) is 36.4 Å². The number of fused-ring (bicyclic) bond motifs is 2. The molecule has 3 atom stereocenters. The Bertz CT molecular complexity index is 1100. The molecule has 8 nitrogen and oxygen atoms in total. The van der Waals surface area contributed by atoms with E-state index in [1.54, 1.807) is 17.8 Å². The van der Waals surface area contributed by atoms with Crippen molar-refractivity contribution < 1.29 is 32.7 Å². The minimum absolute atomic E-state index is 0.0556. The fraction of sp³-hybridized carbons (Fsp3) is 0.458. The molecule has 0 spiro atoms. The van der Waals surface area contributed by atoms with Gasteiger partial charge in [-0.25, -0.2) is 5.90 Å². The van der Waals surface area contributed by atoms with Gasteiger partial charge in [0.05, 0.1) is 24.6 Å². The molecule has 1 saturated heterocycles. The number of hydrogen-bond acceptors (Lipinski definition) is 9. The monoisotopic (exact) mass is 505 g/mol. The Morgan fingerprint density at radius 1 is 1.12 bits per heavy atom. The molecule has 1 fully saturated rings. The van der Waals surface area contributed by atoms with Crippen LogP contribution in [0, 0.1) is 0 Å². The highest BCUT2D eigenvalue weighted by molar-refractivity contribution is 8.01. The lowest BCUT2D eigenvalue weighted by molar-refractivity contribution is 0.0510. The van der Waals surface area contributed by atoms with Crippen LogP contribution in [0.2, 0.25) is 0 Å². The summed E-state index contributed by atoms with van der Waals surface area (Å²) >= 11 is 1.55. The Kier molecular flexibility index (Phi) is 7.02. The summed E-state index contributed by atoms with van der Waals surface area (Å²) in [5, 5.41) is -0.360. The molecule has 2 N–H and O–H groups in total. The summed E-state index contributed by atoms with van der Waals surface area (Å²) in [5.74, 6) is 7.08. The number of hydrogen-bond donors (Lipinski definition) is 1. The van der Waals surface area contributed by atoms with Crippen LogP contribution in [-0.4, -0.2) is 36.3 Å². The number of ketones is 1. The zero-order valence-corrected chi connectivity index (χ0v) is 20.6. The molecule has 2 aromatic rings. The Morgan fingerprint density at radius 3 is 2.47 bits per heavy atom. The van der Waals surface area contributed by atoms with Crippen LogP contribution in [-0.2, 0) is 31.0 Å². The molecule has 0 aliphatic carbocycles. The van der Waals surface area contributed by atoms with E-state index in [0.29, 0.717) is 36.7 Å². The summed E-state index contributed by atoms with van der Waals surface area (Å²) < 4.78 is 34.9. The van der Waals surface area contributed by atoms with E-state index in [9.17, 15) is 9.36 Å². The molecule has 0 amide bonds. The van der Waals surface area contributed by atoms with Crippen LogP contribution in [0.5, 0.6) is 11.5 Å². The van der Waals surface area contributed by atoms with Crippen molar-refractivity contribution in [2.24, 2.45) is 5.90 Å². The van der Waals surface area contributed by atoms with Crippen molar-refractivity contribution in [3.05, 3.63) is 58.7 Å². The number of carbonyl (C=O) groups excluding carboxylic acids is 1. The number of thioether (sulfide) groups is 1. The van der Waals surface area contributed by atoms with Crippen LogP contribution >= 0.6 is 19.4 Å². The first kappa shape index (κ1) is 23.9. The Balaban J connectivity index is 1.37. The van der Waals surface area contributed by atoms with Gasteiger partial charge in [0.2, 0.25) is 6.79 Å². The second-order valence-corrected chi connectivity index (χ2v) is 12.3. The molecule has 3 aliphatic rings. The predicted octanol–water partition coefficient (Wildman–Crippen LogP) is 4.80. The average Bonchev–Trinajstić information content (AvgIpc) is 3.12. The summed E-state index contributed by atoms with van der Waals surface area (Å²) in [6.45, 7) is 2.97. The maximum absolute atomic E-state index is 13.1. The summed E-state index contributed by atoms with van der Waals surface area (Å²) in [6.07, 6.45) is 2.08. The molecule has 5 rings (SSSR count). The van der Waals surface area contributed by atoms with Crippen LogP contribution in [0.4, 0.5) is 0 Å². The molecule has 34 heavy (non-hydrogen) atoms. The molecule has 10 heteroatoms. The summed E-state index contributed by atoms with van der Waals surface area (Å²) in [7, 11) is -3.13. The molecular weight excluding hydrogens is 477 g/mol. The van der Waals surface area contributed by atoms with Gasteiger partial charge < -0.3 is 18.5 Å². The van der Waals surface area contributed by atoms with Crippen molar-refractivity contribution in [1.82, 2.24) is 0 Å². The SMILES string of the molecule is CC1SC([C@@H](ON)c2ccc(CP3(=O)OCCCCO3)cc2)Cc2cc3c(cc2C1=O)OCO3. The van der Waals surface area contributed by atoms with E-state index in [0.717, 1.165) is 29.5 Å². The molecule has 3 heterocycles. The first-order valence-corrected chi connectivity index (χ1v) is 14.1. The van der Waals surface area contributed by atoms with Crippen molar-refractivity contribution in [3.8, 4) is 11.5 Å². The van der Waals surface area contributed by atoms with Crippen LogP contribution in [0.3, 0.4) is 0 Å². The van der Waals surface area contributed by atoms with Gasteiger partial charge in [0.15, 0.2) is 17.3 Å². The van der Waals surface area contributed by atoms with E-state index < -0.39 is 13.7 Å². The van der Waals surface area contributed by atoms with Gasteiger partial charge in [-0.1, -0.05) is 24.3 Å². The third-order valence-electron chi connectivity index (χ3n) is 6.32. The lowest BCUT2D eigenvalue weighted by Crippen LogP contribution is -2.25. The molecule has 0 bridgehead atoms. The molecular formula is C24H28NO7PS. The van der Waals surface area contributed by atoms with E-state index in [1.165, 1.54) is 0 Å². The largest absolute Gasteiger partial charge is 0.454 e. The number of Topliss-reactive ketones (excluding diaryl/α,β-unsaturated/α-hetero) is 1. The lowest BCUT2D eigenvalue weighted by atomic mass is 9.94. The van der Waals surface area contributed by atoms with Crippen molar-refractivity contribution in [1.29, 1.82) is 0 Å². The highest BCUT2D eigenvalue weighted by atomic mass is 32.2. The van der Waals surface area contributed by atoms with Gasteiger partial charge in [-0.2, -0.15) is 0 Å². The summed E-state index contributed by atoms with van der Waals surface area (Å²) in [6, 6.07) is 11.3. The normalized spacial score (nSPS) is 24.7. The van der Waals surface area contributed by atoms with E-state index in [2.05, 4.69) is 0 Å². The maximum Gasteiger partial charge on any atom is 0.335 e. The van der Waals surface area contributed by atoms with Crippen LogP contribution < -0.4 is 15.4 Å². The molecule has 0 aromatic heterocycles. The third kappa shape index (κ3) is 4.91. The second kappa shape index (κ2) is 10.0. The number of benzene rings is 2. The lowest BCUT2D eigenvalue weighted by Gasteiger charge is -2.26. The van der Waals surface area contributed by atoms with E-state index in [1.807, 2.05) is 37.3 Å². The molecule has 3 aliphatic heterocycles. The summed E-state index contributed by atoms with van der Waals surface area (Å²) in [5.41, 5.74) is 3.30. The van der Waals surface area contributed by atoms with Gasteiger partial charge >= 0.3 is 7.60 Å². The minimum Gasteiger partial charge on any atom is -0.454 e. The van der Waals surface area contributed by atoms with E-state index in [-0.39, 0.29) is 29.2 Å². The fourth-order valence-electron chi connectivity index (χ4n) is 4.53. The average molecular weight is 506 g/mol. The highest BCUT2D eigenvalue weighted by Gasteiger charge is 2.35. The van der Waals surface area contributed by atoms with E-state index >= 15 is 0 Å². The second-order valence-electron chi connectivity index (χ2n) is 8.69. The molecule has 182 valence electrons. The molecule has 2 unspecified atom stereocenters. The standard InChI is InChI=1S/C24H28NO7PS/c1-15-23(26)19-12-21-20(28-14-29-21)10-18(19)11-22(34-15)24(32-25)17-6-4-16(5-7-17)13-33(27)30-8-2-3-9-31-33/h4-7,10,12,15,22,24H,2-3,8-9,11,13-14,25H2,1H3/t15?,22?,24-/m0/s1. The number of ether oxygens (including phenoxy) is 2. The Hall–Kier alpha value is -1.87.